The molecular weight excluding hydrogens is 292 g/mol. The molecule has 0 rings (SSSR count). The minimum atomic E-state index is -2.67. The smallest absolute Gasteiger partial charge is 0.487 e. The average Bonchev–Trinajstić information content (AvgIpc) is 2.47. The molecule has 0 fully saturated rings. The van der Waals surface area contributed by atoms with E-state index >= 15 is 0 Å². The van der Waals surface area contributed by atoms with Crippen molar-refractivity contribution in [3.8, 4) is 0 Å². The lowest BCUT2D eigenvalue weighted by Crippen LogP contribution is -2.48. The van der Waals surface area contributed by atoms with Gasteiger partial charge in [-0.2, -0.15) is 0 Å². The van der Waals surface area contributed by atoms with E-state index in [1.165, 1.54) is 12.8 Å². The van der Waals surface area contributed by atoms with Crippen LogP contribution in [0.25, 0.3) is 0 Å². The van der Waals surface area contributed by atoms with Gasteiger partial charge in [-0.3, -0.25) is 0 Å². The van der Waals surface area contributed by atoms with Crippen molar-refractivity contribution in [2.75, 3.05) is 27.9 Å². The molecule has 0 spiro atoms. The number of unbranched alkanes of at least 4 members (excludes halogenated alkanes) is 2. The Morgan fingerprint density at radius 2 is 1.60 bits per heavy atom. The van der Waals surface area contributed by atoms with E-state index in [0.29, 0.717) is 18.1 Å². The van der Waals surface area contributed by atoms with Gasteiger partial charge in [0.1, 0.15) is 0 Å². The van der Waals surface area contributed by atoms with Gasteiger partial charge in [0.2, 0.25) is 0 Å². The molecule has 0 amide bonds. The highest BCUT2D eigenvalue weighted by Crippen LogP contribution is 2.33. The Morgan fingerprint density at radius 1 is 1.00 bits per heavy atom. The largest absolute Gasteiger partial charge is 0.503 e. The fraction of sp³-hybridized carbons (Fsp3) is 0.929. The summed E-state index contributed by atoms with van der Waals surface area (Å²) in [6, 6.07) is 0. The SMILES string of the molecule is CCCCCC(CC(=S)OCCC)[Si](OC)(OC)OC. The minimum Gasteiger partial charge on any atom is -0.487 e. The molecule has 0 aliphatic carbocycles. The van der Waals surface area contributed by atoms with Crippen molar-refractivity contribution in [3.05, 3.63) is 0 Å². The predicted molar refractivity (Wildman–Crippen MR) is 88.1 cm³/mol. The highest BCUT2D eigenvalue weighted by Gasteiger charge is 2.47. The van der Waals surface area contributed by atoms with Gasteiger partial charge in [0.15, 0.2) is 5.05 Å². The molecule has 6 heteroatoms. The Balaban J connectivity index is 4.72. The van der Waals surface area contributed by atoms with E-state index in [1.54, 1.807) is 21.3 Å². The van der Waals surface area contributed by atoms with Crippen LogP contribution in [-0.2, 0) is 18.0 Å². The maximum absolute atomic E-state index is 5.61. The number of hydrogen-bond donors (Lipinski definition) is 0. The molecule has 0 aliphatic rings. The first kappa shape index (κ1) is 20.0. The first-order valence-electron chi connectivity index (χ1n) is 7.41. The molecule has 4 nitrogen and oxygen atoms in total. The molecule has 0 aromatic rings. The van der Waals surface area contributed by atoms with Gasteiger partial charge in [-0.15, -0.1) is 0 Å². The van der Waals surface area contributed by atoms with Crippen LogP contribution in [0.5, 0.6) is 0 Å². The Kier molecular flexibility index (Phi) is 11.6. The third-order valence-corrected chi connectivity index (χ3v) is 6.87. The van der Waals surface area contributed by atoms with Crippen molar-refractivity contribution < 1.29 is 18.0 Å². The van der Waals surface area contributed by atoms with Gasteiger partial charge < -0.3 is 18.0 Å². The van der Waals surface area contributed by atoms with Crippen LogP contribution < -0.4 is 0 Å². The van der Waals surface area contributed by atoms with Gasteiger partial charge in [0, 0.05) is 33.3 Å². The quantitative estimate of drug-likeness (QED) is 0.309. The number of ether oxygens (including phenoxy) is 1. The van der Waals surface area contributed by atoms with Crippen LogP contribution >= 0.6 is 12.2 Å². The van der Waals surface area contributed by atoms with Gasteiger partial charge in [0.05, 0.1) is 6.61 Å². The van der Waals surface area contributed by atoms with Crippen molar-refractivity contribution in [1.29, 1.82) is 0 Å². The van der Waals surface area contributed by atoms with E-state index in [2.05, 4.69) is 13.8 Å². The van der Waals surface area contributed by atoms with Crippen LogP contribution in [0, 0.1) is 0 Å². The molecule has 0 saturated heterocycles. The van der Waals surface area contributed by atoms with Crippen LogP contribution in [0.3, 0.4) is 0 Å². The van der Waals surface area contributed by atoms with Crippen LogP contribution in [0.15, 0.2) is 0 Å². The van der Waals surface area contributed by atoms with E-state index in [-0.39, 0.29) is 5.54 Å². The fourth-order valence-electron chi connectivity index (χ4n) is 2.27. The van der Waals surface area contributed by atoms with Gasteiger partial charge in [0.25, 0.3) is 0 Å². The second-order valence-corrected chi connectivity index (χ2v) is 8.54. The van der Waals surface area contributed by atoms with Crippen molar-refractivity contribution >= 4 is 26.1 Å². The van der Waals surface area contributed by atoms with Gasteiger partial charge in [-0.25, -0.2) is 0 Å². The number of hydrogen-bond acceptors (Lipinski definition) is 5. The Hall–Kier alpha value is -0.0131. The van der Waals surface area contributed by atoms with Crippen molar-refractivity contribution in [3.63, 3.8) is 0 Å². The summed E-state index contributed by atoms with van der Waals surface area (Å²) < 4.78 is 22.4. The van der Waals surface area contributed by atoms with E-state index in [0.717, 1.165) is 19.3 Å². The van der Waals surface area contributed by atoms with Crippen molar-refractivity contribution in [2.24, 2.45) is 0 Å². The molecule has 0 aromatic carbocycles. The normalized spacial score (nSPS) is 13.2. The average molecular weight is 323 g/mol. The zero-order valence-corrected chi connectivity index (χ0v) is 15.4. The number of thiocarbonyl (C=S) groups is 1. The highest BCUT2D eigenvalue weighted by atomic mass is 32.1. The van der Waals surface area contributed by atoms with Crippen LogP contribution in [-0.4, -0.2) is 41.8 Å². The monoisotopic (exact) mass is 322 g/mol. The minimum absolute atomic E-state index is 0.165. The second kappa shape index (κ2) is 11.6. The molecule has 0 aromatic heterocycles. The summed E-state index contributed by atoms with van der Waals surface area (Å²) in [6.07, 6.45) is 6.13. The molecule has 20 heavy (non-hydrogen) atoms. The lowest BCUT2D eigenvalue weighted by molar-refractivity contribution is 0.109. The molecule has 120 valence electrons. The topological polar surface area (TPSA) is 36.9 Å². The maximum Gasteiger partial charge on any atom is 0.503 e. The standard InChI is InChI=1S/C14H30O4SSi/c1-6-8-9-10-13(12-14(19)18-11-7-2)20(15-3,16-4)17-5/h13H,6-12H2,1-5H3. The molecule has 0 aliphatic heterocycles. The van der Waals surface area contributed by atoms with E-state index in [9.17, 15) is 0 Å². The predicted octanol–water partition coefficient (Wildman–Crippen LogP) is 3.96. The lowest BCUT2D eigenvalue weighted by atomic mass is 10.1. The van der Waals surface area contributed by atoms with Crippen LogP contribution in [0.2, 0.25) is 5.54 Å². The maximum atomic E-state index is 5.61. The lowest BCUT2D eigenvalue weighted by Gasteiger charge is -2.32. The molecule has 0 heterocycles. The summed E-state index contributed by atoms with van der Waals surface area (Å²) in [7, 11) is 2.30. The third-order valence-electron chi connectivity index (χ3n) is 3.39. The molecule has 0 N–H and O–H groups in total. The molecule has 1 atom stereocenters. The van der Waals surface area contributed by atoms with E-state index in [4.69, 9.17) is 30.2 Å². The summed E-state index contributed by atoms with van der Waals surface area (Å²) in [4.78, 5) is 0. The van der Waals surface area contributed by atoms with Gasteiger partial charge in [-0.05, 0) is 25.1 Å². The van der Waals surface area contributed by atoms with Gasteiger partial charge >= 0.3 is 8.80 Å². The molecule has 0 radical (unpaired) electrons. The fourth-order valence-corrected chi connectivity index (χ4v) is 5.20. The summed E-state index contributed by atoms with van der Waals surface area (Å²) >= 11 is 5.32. The first-order chi connectivity index (χ1) is 9.60. The van der Waals surface area contributed by atoms with E-state index in [1.807, 2.05) is 0 Å². The van der Waals surface area contributed by atoms with E-state index < -0.39 is 8.80 Å². The first-order valence-corrected chi connectivity index (χ1v) is 9.62. The third kappa shape index (κ3) is 6.63. The Bertz CT molecular complexity index is 251. The zero-order chi connectivity index (χ0) is 15.4. The van der Waals surface area contributed by atoms with Gasteiger partial charge in [-0.1, -0.05) is 33.1 Å². The molecule has 0 bridgehead atoms. The van der Waals surface area contributed by atoms with Crippen molar-refractivity contribution in [2.45, 2.75) is 57.9 Å². The summed E-state index contributed by atoms with van der Waals surface area (Å²) in [5.41, 5.74) is 0.165. The van der Waals surface area contributed by atoms with Crippen molar-refractivity contribution in [1.82, 2.24) is 0 Å². The van der Waals surface area contributed by atoms with Crippen LogP contribution in [0.1, 0.15) is 52.4 Å². The Labute approximate surface area is 130 Å². The summed E-state index contributed by atoms with van der Waals surface area (Å²) in [5, 5.41) is 0.636. The molecule has 1 unspecified atom stereocenters. The highest BCUT2D eigenvalue weighted by molar-refractivity contribution is 7.80. The number of rotatable bonds is 12. The van der Waals surface area contributed by atoms with Crippen LogP contribution in [0.4, 0.5) is 0 Å². The second-order valence-electron chi connectivity index (χ2n) is 4.83. The summed E-state index contributed by atoms with van der Waals surface area (Å²) in [5.74, 6) is 0. The summed E-state index contributed by atoms with van der Waals surface area (Å²) in [6.45, 7) is 4.93. The molecular formula is C14H30O4SSi. The Morgan fingerprint density at radius 3 is 2.05 bits per heavy atom. The molecule has 0 saturated carbocycles. The zero-order valence-electron chi connectivity index (χ0n) is 13.6.